The van der Waals surface area contributed by atoms with Crippen LogP contribution < -0.4 is 4.74 Å². The summed E-state index contributed by atoms with van der Waals surface area (Å²) in [6.07, 6.45) is 1.82. The number of halogens is 2. The molecule has 2 aromatic rings. The van der Waals surface area contributed by atoms with Crippen LogP contribution >= 0.6 is 34.2 Å². The molecule has 2 rings (SSSR count). The number of benzene rings is 1. The third-order valence-corrected chi connectivity index (χ3v) is 3.59. The van der Waals surface area contributed by atoms with Crippen LogP contribution in [0.1, 0.15) is 5.56 Å². The topological polar surface area (TPSA) is 27.1 Å². The molecule has 0 amide bonds. The molecule has 1 aromatic carbocycles. The second kappa shape index (κ2) is 5.05. The van der Waals surface area contributed by atoms with Crippen molar-refractivity contribution in [1.82, 2.24) is 9.78 Å². The van der Waals surface area contributed by atoms with Crippen molar-refractivity contribution >= 4 is 34.2 Å². The molecule has 84 valence electrons. The van der Waals surface area contributed by atoms with Crippen LogP contribution in [0.5, 0.6) is 5.75 Å². The summed E-state index contributed by atoms with van der Waals surface area (Å²) in [7, 11) is 1.67. The summed E-state index contributed by atoms with van der Waals surface area (Å²) in [4.78, 5) is 0. The first-order valence-corrected chi connectivity index (χ1v) is 6.16. The molecule has 0 bridgehead atoms. The predicted molar refractivity (Wildman–Crippen MR) is 72.1 cm³/mol. The second-order valence-electron chi connectivity index (χ2n) is 3.28. The first-order chi connectivity index (χ1) is 7.70. The van der Waals surface area contributed by atoms with Gasteiger partial charge in [0.15, 0.2) is 0 Å². The highest BCUT2D eigenvalue weighted by Gasteiger charge is 2.06. The normalized spacial score (nSPS) is 10.4. The van der Waals surface area contributed by atoms with Gasteiger partial charge >= 0.3 is 0 Å². The largest absolute Gasteiger partial charge is 0.496 e. The zero-order valence-electron chi connectivity index (χ0n) is 8.65. The van der Waals surface area contributed by atoms with Gasteiger partial charge in [-0.25, -0.2) is 0 Å². The number of rotatable bonds is 3. The van der Waals surface area contributed by atoms with Gasteiger partial charge < -0.3 is 4.74 Å². The molecule has 0 aliphatic carbocycles. The van der Waals surface area contributed by atoms with Crippen molar-refractivity contribution in [3.05, 3.63) is 44.7 Å². The highest BCUT2D eigenvalue weighted by atomic mass is 127. The van der Waals surface area contributed by atoms with Crippen LogP contribution in [0.15, 0.2) is 30.5 Å². The van der Waals surface area contributed by atoms with Crippen molar-refractivity contribution in [2.75, 3.05) is 7.11 Å². The van der Waals surface area contributed by atoms with Gasteiger partial charge in [-0.05, 0) is 28.7 Å². The second-order valence-corrected chi connectivity index (χ2v) is 4.71. The minimum absolute atomic E-state index is 0.659. The zero-order chi connectivity index (χ0) is 11.5. The maximum atomic E-state index is 5.95. The van der Waals surface area contributed by atoms with Crippen molar-refractivity contribution in [2.24, 2.45) is 0 Å². The Hall–Kier alpha value is -0.750. The smallest absolute Gasteiger partial charge is 0.141 e. The first kappa shape index (κ1) is 11.7. The summed E-state index contributed by atoms with van der Waals surface area (Å²) in [6, 6.07) is 7.88. The quantitative estimate of drug-likeness (QED) is 0.797. The summed E-state index contributed by atoms with van der Waals surface area (Å²) >= 11 is 8.06. The fourth-order valence-corrected chi connectivity index (χ4v) is 2.03. The molecule has 1 aromatic heterocycles. The predicted octanol–water partition coefficient (Wildman–Crippen LogP) is 3.20. The lowest BCUT2D eigenvalue weighted by molar-refractivity contribution is 0.407. The van der Waals surface area contributed by atoms with E-state index in [2.05, 4.69) is 27.7 Å². The Labute approximate surface area is 113 Å². The zero-order valence-corrected chi connectivity index (χ0v) is 11.6. The Bertz CT molecular complexity index is 479. The van der Waals surface area contributed by atoms with Crippen LogP contribution in [0.25, 0.3) is 0 Å². The van der Waals surface area contributed by atoms with Gasteiger partial charge in [-0.15, -0.1) is 0 Å². The fourth-order valence-electron chi connectivity index (χ4n) is 1.46. The van der Waals surface area contributed by atoms with Crippen LogP contribution in [-0.2, 0) is 6.54 Å². The molecule has 0 aliphatic rings. The molecular formula is C11H10ClIN2O. The molecule has 16 heavy (non-hydrogen) atoms. The van der Waals surface area contributed by atoms with Crippen molar-refractivity contribution in [3.8, 4) is 5.75 Å². The van der Waals surface area contributed by atoms with Gasteiger partial charge in [-0.3, -0.25) is 4.68 Å². The maximum absolute atomic E-state index is 5.95. The van der Waals surface area contributed by atoms with E-state index in [9.17, 15) is 0 Å². The lowest BCUT2D eigenvalue weighted by Crippen LogP contribution is -2.02. The molecule has 0 saturated heterocycles. The standard InChI is InChI=1S/C11H10ClIN2O/c1-16-10-5-3-2-4-8(10)6-15-7-9(12)11(13)14-15/h2-5,7H,6H2,1H3. The Morgan fingerprint density at radius 3 is 2.81 bits per heavy atom. The molecule has 0 fully saturated rings. The number of ether oxygens (including phenoxy) is 1. The minimum atomic E-state index is 0.659. The van der Waals surface area contributed by atoms with Gasteiger partial charge in [0.1, 0.15) is 9.45 Å². The number of hydrogen-bond acceptors (Lipinski definition) is 2. The van der Waals surface area contributed by atoms with Crippen LogP contribution in [0.4, 0.5) is 0 Å². The molecule has 0 saturated carbocycles. The van der Waals surface area contributed by atoms with Crippen molar-refractivity contribution in [3.63, 3.8) is 0 Å². The minimum Gasteiger partial charge on any atom is -0.496 e. The average Bonchev–Trinajstić information content (AvgIpc) is 2.59. The molecule has 0 atom stereocenters. The summed E-state index contributed by atoms with van der Waals surface area (Å²) < 4.78 is 7.90. The number of methoxy groups -OCH3 is 1. The Morgan fingerprint density at radius 1 is 1.44 bits per heavy atom. The highest BCUT2D eigenvalue weighted by molar-refractivity contribution is 14.1. The fraction of sp³-hybridized carbons (Fsp3) is 0.182. The number of nitrogens with zero attached hydrogens (tertiary/aromatic N) is 2. The SMILES string of the molecule is COc1ccccc1Cn1cc(Cl)c(I)n1. The molecule has 0 unspecified atom stereocenters. The summed E-state index contributed by atoms with van der Waals surface area (Å²) in [5.41, 5.74) is 1.08. The number of hydrogen-bond donors (Lipinski definition) is 0. The van der Waals surface area contributed by atoms with E-state index in [1.807, 2.05) is 35.1 Å². The van der Waals surface area contributed by atoms with E-state index in [4.69, 9.17) is 16.3 Å². The molecule has 1 heterocycles. The van der Waals surface area contributed by atoms with Gasteiger partial charge in [0.2, 0.25) is 0 Å². The highest BCUT2D eigenvalue weighted by Crippen LogP contribution is 2.20. The van der Waals surface area contributed by atoms with Crippen molar-refractivity contribution < 1.29 is 4.74 Å². The van der Waals surface area contributed by atoms with Crippen LogP contribution in [0.3, 0.4) is 0 Å². The third-order valence-electron chi connectivity index (χ3n) is 2.20. The van der Waals surface area contributed by atoms with Gasteiger partial charge in [0.25, 0.3) is 0 Å². The van der Waals surface area contributed by atoms with Crippen LogP contribution in [0, 0.1) is 3.70 Å². The van der Waals surface area contributed by atoms with Crippen molar-refractivity contribution in [2.45, 2.75) is 6.54 Å². The first-order valence-electron chi connectivity index (χ1n) is 4.71. The Morgan fingerprint density at radius 2 is 2.19 bits per heavy atom. The van der Waals surface area contributed by atoms with Crippen molar-refractivity contribution in [1.29, 1.82) is 0 Å². The average molecular weight is 349 g/mol. The Kier molecular flexibility index (Phi) is 3.70. The number of para-hydroxylation sites is 1. The number of aromatic nitrogens is 2. The molecule has 0 N–H and O–H groups in total. The Balaban J connectivity index is 2.26. The molecule has 0 spiro atoms. The summed E-state index contributed by atoms with van der Waals surface area (Å²) in [6.45, 7) is 0.659. The van der Waals surface area contributed by atoms with Crippen LogP contribution in [-0.4, -0.2) is 16.9 Å². The lowest BCUT2D eigenvalue weighted by Gasteiger charge is -2.07. The van der Waals surface area contributed by atoms with Crippen LogP contribution in [0.2, 0.25) is 5.02 Å². The van der Waals surface area contributed by atoms with E-state index in [-0.39, 0.29) is 0 Å². The third kappa shape index (κ3) is 2.49. The lowest BCUT2D eigenvalue weighted by atomic mass is 10.2. The van der Waals surface area contributed by atoms with E-state index in [0.717, 1.165) is 15.0 Å². The maximum Gasteiger partial charge on any atom is 0.141 e. The molecule has 0 aliphatic heterocycles. The van der Waals surface area contributed by atoms with E-state index in [0.29, 0.717) is 11.6 Å². The van der Waals surface area contributed by atoms with Gasteiger partial charge in [-0.2, -0.15) is 5.10 Å². The van der Waals surface area contributed by atoms with E-state index < -0.39 is 0 Å². The summed E-state index contributed by atoms with van der Waals surface area (Å²) in [5, 5.41) is 4.97. The molecule has 5 heteroatoms. The monoisotopic (exact) mass is 348 g/mol. The van der Waals surface area contributed by atoms with E-state index >= 15 is 0 Å². The van der Waals surface area contributed by atoms with E-state index in [1.54, 1.807) is 7.11 Å². The molecule has 3 nitrogen and oxygen atoms in total. The summed E-state index contributed by atoms with van der Waals surface area (Å²) in [5.74, 6) is 0.865. The molecular weight excluding hydrogens is 338 g/mol. The van der Waals surface area contributed by atoms with Gasteiger partial charge in [0, 0.05) is 11.8 Å². The van der Waals surface area contributed by atoms with Gasteiger partial charge in [0.05, 0.1) is 18.7 Å². The molecule has 0 radical (unpaired) electrons. The van der Waals surface area contributed by atoms with E-state index in [1.165, 1.54) is 0 Å². The van der Waals surface area contributed by atoms with Gasteiger partial charge in [-0.1, -0.05) is 29.8 Å².